The number of carbonyl (C=O) groups excluding carboxylic acids is 4. The maximum absolute atomic E-state index is 11.6. The van der Waals surface area contributed by atoms with Gasteiger partial charge < -0.3 is 5.32 Å². The average Bonchev–Trinajstić information content (AvgIpc) is 3.45. The summed E-state index contributed by atoms with van der Waals surface area (Å²) in [7, 11) is 2.96. The van der Waals surface area contributed by atoms with E-state index in [0.717, 1.165) is 10.6 Å². The maximum Gasteiger partial charge on any atom is 0.253 e. The normalized spacial score (nSPS) is 13.4. The molecule has 41 heavy (non-hydrogen) atoms. The summed E-state index contributed by atoms with van der Waals surface area (Å²) in [5, 5.41) is 3.04. The Bertz CT molecular complexity index is 936. The molecule has 0 saturated carbocycles. The van der Waals surface area contributed by atoms with Crippen LogP contribution in [0.2, 0.25) is 0 Å². The van der Waals surface area contributed by atoms with Crippen LogP contribution in [-0.2, 0) is 19.2 Å². The van der Waals surface area contributed by atoms with Crippen molar-refractivity contribution < 1.29 is 51.3 Å². The highest BCUT2D eigenvalue weighted by molar-refractivity contribution is 6.12. The van der Waals surface area contributed by atoms with Crippen LogP contribution in [0.25, 0.3) is 0 Å². The van der Waals surface area contributed by atoms with Crippen molar-refractivity contribution in [3.8, 4) is 0 Å². The molecule has 2 heterocycles. The number of rotatable bonds is 2. The molecule has 2 aromatic carbocycles. The van der Waals surface area contributed by atoms with Gasteiger partial charge in [0.25, 0.3) is 17.7 Å². The molecule has 0 bridgehead atoms. The van der Waals surface area contributed by atoms with Gasteiger partial charge in [0, 0.05) is 59.4 Å². The second-order valence-electron chi connectivity index (χ2n) is 6.78. The Balaban J connectivity index is -0.000000143. The number of carbonyl (C=O) groups is 4. The molecule has 2 aromatic rings. The number of nitrogens with zero attached hydrogens (tertiary/aromatic N) is 2. The monoisotopic (exact) mass is 601 g/mol. The summed E-state index contributed by atoms with van der Waals surface area (Å²) in [6.07, 6.45) is 2.74. The number of imide groups is 2. The van der Waals surface area contributed by atoms with E-state index in [1.54, 1.807) is 0 Å². The van der Waals surface area contributed by atoms with Gasteiger partial charge in [0.2, 0.25) is 5.91 Å². The van der Waals surface area contributed by atoms with Crippen molar-refractivity contribution in [2.24, 2.45) is 0 Å². The maximum atomic E-state index is 11.6. The predicted molar refractivity (Wildman–Crippen MR) is 146 cm³/mol. The van der Waals surface area contributed by atoms with E-state index in [4.69, 9.17) is 27.4 Å². The van der Waals surface area contributed by atoms with Gasteiger partial charge in [-0.05, 0) is 19.1 Å². The van der Waals surface area contributed by atoms with Gasteiger partial charge >= 0.3 is 0 Å². The number of anilines is 1. The van der Waals surface area contributed by atoms with Crippen LogP contribution in [0, 0.1) is 6.92 Å². The zero-order valence-electron chi connectivity index (χ0n) is 23.9. The topological polar surface area (TPSA) is 86.8 Å². The van der Waals surface area contributed by atoms with E-state index in [1.807, 2.05) is 76.2 Å². The molecule has 7 nitrogen and oxygen atoms in total. The van der Waals surface area contributed by atoms with Crippen molar-refractivity contribution in [3.63, 3.8) is 0 Å². The molecule has 0 spiro atoms. The smallest absolute Gasteiger partial charge is 0.253 e. The lowest BCUT2D eigenvalue weighted by Gasteiger charge is -2.11. The van der Waals surface area contributed by atoms with E-state index >= 15 is 0 Å². The van der Waals surface area contributed by atoms with Gasteiger partial charge in [-0.1, -0.05) is 81.8 Å². The molecule has 1 atom stereocenters. The molecule has 0 aliphatic carbocycles. The first-order chi connectivity index (χ1) is 19.3. The third-order valence-electron chi connectivity index (χ3n) is 4.47. The number of likely N-dealkylation sites (N-methyl/N-ethyl adjacent to an activating group) is 2. The van der Waals surface area contributed by atoms with E-state index < -0.39 is 6.04 Å². The van der Waals surface area contributed by atoms with Crippen molar-refractivity contribution in [2.75, 3.05) is 19.4 Å². The van der Waals surface area contributed by atoms with Crippen molar-refractivity contribution in [3.05, 3.63) is 78.4 Å². The van der Waals surface area contributed by atoms with Gasteiger partial charge in [0.15, 0.2) is 0 Å². The Morgan fingerprint density at radius 2 is 1.02 bits per heavy atom. The Hall–Kier alpha value is -4.23. The van der Waals surface area contributed by atoms with Crippen molar-refractivity contribution >= 4 is 29.3 Å². The number of hydrogen-bond acceptors (Lipinski definition) is 5. The van der Waals surface area contributed by atoms with Crippen LogP contribution in [0.1, 0.15) is 39.7 Å². The largest absolute Gasteiger partial charge is 0.373 e. The Morgan fingerprint density at radius 3 is 1.27 bits per heavy atom. The first-order valence-electron chi connectivity index (χ1n) is 11.9. The van der Waals surface area contributed by atoms with Gasteiger partial charge in [-0.15, -0.1) is 0 Å². The lowest BCUT2D eigenvalue weighted by molar-refractivity contribution is -0.137. The first-order valence-corrected chi connectivity index (χ1v) is 11.9. The number of aryl methyl sites for hydroxylation is 1. The van der Waals surface area contributed by atoms with Gasteiger partial charge in [0.1, 0.15) is 6.04 Å². The highest BCUT2D eigenvalue weighted by Crippen LogP contribution is 2.16. The van der Waals surface area contributed by atoms with Crippen molar-refractivity contribution in [2.45, 2.75) is 47.1 Å². The van der Waals surface area contributed by atoms with Crippen LogP contribution in [0.3, 0.4) is 0 Å². The van der Waals surface area contributed by atoms with E-state index in [1.165, 1.54) is 36.7 Å². The first kappa shape index (κ1) is 46.6. The molecule has 1 saturated heterocycles. The van der Waals surface area contributed by atoms with Crippen LogP contribution in [-0.4, -0.2) is 53.6 Å². The van der Waals surface area contributed by atoms with Gasteiger partial charge in [0.05, 0.1) is 6.42 Å². The second kappa shape index (κ2) is 32.0. The van der Waals surface area contributed by atoms with Crippen LogP contribution >= 0.6 is 0 Å². The minimum absolute atomic E-state index is 0. The quantitative estimate of drug-likeness (QED) is 0.293. The molecule has 1 unspecified atom stereocenters. The standard InChI is InChI=1S/C11H12N2O2.C7H8.C5H5NO2.2C2H6.3F2.FH/c1-13-10(14)7-9(11(13)15)12-8-5-3-2-4-6-8;1-7-5-3-2-4-6-7;1-6-4(7)2-3-5(6)8;5*1-2;/h2-6,9,12H,7H2,1H3;2-6H,1H3;2-3H,1H3;2*1-2H3;;;;1H. The highest BCUT2D eigenvalue weighted by atomic mass is 20.0. The number of halogens is 7. The lowest BCUT2D eigenvalue weighted by Crippen LogP contribution is -2.31. The molecule has 0 radical (unpaired) electrons. The summed E-state index contributed by atoms with van der Waals surface area (Å²) >= 11 is 0. The highest BCUT2D eigenvalue weighted by Gasteiger charge is 2.35. The molecule has 234 valence electrons. The number of benzene rings is 2. The molecule has 14 heteroatoms. The Labute approximate surface area is 235 Å². The van der Waals surface area contributed by atoms with Crippen LogP contribution in [0.4, 0.5) is 37.8 Å². The number of hydrogen-bond donors (Lipinski definition) is 1. The van der Waals surface area contributed by atoms with Crippen LogP contribution in [0.15, 0.2) is 72.8 Å². The fourth-order valence-electron chi connectivity index (χ4n) is 2.61. The fourth-order valence-corrected chi connectivity index (χ4v) is 2.61. The zero-order chi connectivity index (χ0) is 32.1. The summed E-state index contributed by atoms with van der Waals surface area (Å²) in [6, 6.07) is 19.3. The predicted octanol–water partition coefficient (Wildman–Crippen LogP) is 7.12. The number of likely N-dealkylation sites (tertiary alicyclic amines) is 1. The van der Waals surface area contributed by atoms with E-state index in [2.05, 4.69) is 24.4 Å². The molecule has 1 N–H and O–H groups in total. The molecule has 4 amide bonds. The Kier molecular flexibility index (Phi) is 36.4. The van der Waals surface area contributed by atoms with Crippen molar-refractivity contribution in [1.82, 2.24) is 9.80 Å². The summed E-state index contributed by atoms with van der Waals surface area (Å²) in [5.41, 5.74) is 2.18. The SMILES string of the molecule is CC.CC.CN1C(=O)C=CC1=O.CN1C(=O)CC(Nc2ccccc2)C1=O.Cc1ccccc1.F.FF.FF.FF. The second-order valence-corrected chi connectivity index (χ2v) is 6.78. The third-order valence-corrected chi connectivity index (χ3v) is 4.47. The lowest BCUT2D eigenvalue weighted by atomic mass is 10.2. The minimum atomic E-state index is -0.412. The molecular weight excluding hydrogens is 563 g/mol. The van der Waals surface area contributed by atoms with E-state index in [0.29, 0.717) is 0 Å². The zero-order valence-corrected chi connectivity index (χ0v) is 23.9. The summed E-state index contributed by atoms with van der Waals surface area (Å²) in [5.74, 6) is -0.776. The number of amides is 4. The fraction of sp³-hybridized carbons (Fsp3) is 0.333. The van der Waals surface area contributed by atoms with Crippen LogP contribution < -0.4 is 5.32 Å². The number of nitrogens with one attached hydrogen (secondary N) is 1. The van der Waals surface area contributed by atoms with E-state index in [9.17, 15) is 19.2 Å². The van der Waals surface area contributed by atoms with E-state index in [-0.39, 0.29) is 34.8 Å². The van der Waals surface area contributed by atoms with Gasteiger partial charge in [-0.25, -0.2) is 0 Å². The molecular formula is C27H38F7N3O4. The van der Waals surface area contributed by atoms with Gasteiger partial charge in [-0.2, -0.15) is 0 Å². The molecule has 4 rings (SSSR count). The van der Waals surface area contributed by atoms with Crippen molar-refractivity contribution in [1.29, 1.82) is 0 Å². The average molecular weight is 602 g/mol. The molecule has 0 aromatic heterocycles. The third kappa shape index (κ3) is 20.4. The summed E-state index contributed by atoms with van der Waals surface area (Å²) in [6.45, 7) is 10.1. The van der Waals surface area contributed by atoms with Gasteiger partial charge in [-0.3, -0.25) is 33.7 Å². The molecule has 1 fully saturated rings. The summed E-state index contributed by atoms with van der Waals surface area (Å²) < 4.78 is 48.0. The molecule has 2 aliphatic heterocycles. The van der Waals surface area contributed by atoms with Crippen LogP contribution in [0.5, 0.6) is 0 Å². The number of para-hydroxylation sites is 1. The molecule has 2 aliphatic rings. The Morgan fingerprint density at radius 1 is 0.659 bits per heavy atom. The summed E-state index contributed by atoms with van der Waals surface area (Å²) in [4.78, 5) is 45.8. The minimum Gasteiger partial charge on any atom is -0.373 e.